The van der Waals surface area contributed by atoms with Crippen molar-refractivity contribution in [3.63, 3.8) is 0 Å². The van der Waals surface area contributed by atoms with Gasteiger partial charge >= 0.3 is 0 Å². The van der Waals surface area contributed by atoms with Gasteiger partial charge in [-0.1, -0.05) is 38.5 Å². The monoisotopic (exact) mass is 392 g/mol. The molecular weight excluding hydrogens is 356 g/mol. The zero-order chi connectivity index (χ0) is 15.3. The van der Waals surface area contributed by atoms with Crippen LogP contribution in [0.2, 0.25) is 0 Å². The fourth-order valence-electron chi connectivity index (χ4n) is 3.38. The molecule has 2 aliphatic rings. The van der Waals surface area contributed by atoms with Crippen molar-refractivity contribution < 1.29 is 9.47 Å². The summed E-state index contributed by atoms with van der Waals surface area (Å²) in [5, 5.41) is 0. The van der Waals surface area contributed by atoms with Crippen molar-refractivity contribution in [2.75, 3.05) is 65.7 Å². The molecule has 2 heterocycles. The highest BCUT2D eigenvalue weighted by molar-refractivity contribution is 8.93. The summed E-state index contributed by atoms with van der Waals surface area (Å²) >= 11 is 0. The van der Waals surface area contributed by atoms with Gasteiger partial charge in [0.2, 0.25) is 0 Å². The summed E-state index contributed by atoms with van der Waals surface area (Å²) in [6.45, 7) is 10.9. The molecule has 0 bridgehead atoms. The Balaban J connectivity index is 0.00000264. The average molecular weight is 393 g/mol. The Bertz CT molecular complexity index is 231. The molecule has 2 aliphatic heterocycles. The van der Waals surface area contributed by atoms with Crippen LogP contribution in [-0.4, -0.2) is 75.5 Å². The molecule has 5 heteroatoms. The number of unbranched alkanes of at least 4 members (excludes halogenated alkanes) is 7. The molecule has 0 N–H and O–H groups in total. The summed E-state index contributed by atoms with van der Waals surface area (Å²) in [6, 6.07) is 0. The molecule has 2 rings (SSSR count). The lowest BCUT2D eigenvalue weighted by atomic mass is 10.1. The van der Waals surface area contributed by atoms with Crippen LogP contribution in [0.3, 0.4) is 0 Å². The molecule has 0 aromatic carbocycles. The van der Waals surface area contributed by atoms with Crippen molar-refractivity contribution in [1.29, 1.82) is 0 Å². The highest BCUT2D eigenvalue weighted by Crippen LogP contribution is 2.10. The summed E-state index contributed by atoms with van der Waals surface area (Å²) in [4.78, 5) is 5.10. The predicted octanol–water partition coefficient (Wildman–Crippen LogP) is 3.35. The van der Waals surface area contributed by atoms with Crippen LogP contribution in [-0.2, 0) is 9.47 Å². The van der Waals surface area contributed by atoms with Gasteiger partial charge in [-0.3, -0.25) is 9.80 Å². The molecular formula is C18H37BrN2O2. The second-order valence-electron chi connectivity index (χ2n) is 6.74. The fraction of sp³-hybridized carbons (Fsp3) is 1.00. The number of halogens is 1. The van der Waals surface area contributed by atoms with E-state index in [4.69, 9.17) is 9.47 Å². The molecule has 0 unspecified atom stereocenters. The second-order valence-corrected chi connectivity index (χ2v) is 6.74. The van der Waals surface area contributed by atoms with Crippen LogP contribution >= 0.6 is 17.0 Å². The van der Waals surface area contributed by atoms with Gasteiger partial charge in [-0.15, -0.1) is 17.0 Å². The van der Waals surface area contributed by atoms with Gasteiger partial charge in [-0.25, -0.2) is 0 Å². The molecule has 0 aromatic rings. The molecule has 2 fully saturated rings. The third-order valence-corrected chi connectivity index (χ3v) is 4.91. The Hall–Kier alpha value is 0.320. The first-order valence-corrected chi connectivity index (χ1v) is 9.55. The maximum atomic E-state index is 5.38. The highest BCUT2D eigenvalue weighted by Gasteiger charge is 2.09. The van der Waals surface area contributed by atoms with Crippen molar-refractivity contribution in [2.45, 2.75) is 51.4 Å². The maximum absolute atomic E-state index is 5.38. The van der Waals surface area contributed by atoms with E-state index in [-0.39, 0.29) is 17.0 Å². The Morgan fingerprint density at radius 3 is 1.13 bits per heavy atom. The van der Waals surface area contributed by atoms with Gasteiger partial charge in [-0.2, -0.15) is 0 Å². The fourth-order valence-corrected chi connectivity index (χ4v) is 3.38. The van der Waals surface area contributed by atoms with E-state index >= 15 is 0 Å². The summed E-state index contributed by atoms with van der Waals surface area (Å²) in [5.41, 5.74) is 0. The van der Waals surface area contributed by atoms with Crippen molar-refractivity contribution in [2.24, 2.45) is 0 Å². The maximum Gasteiger partial charge on any atom is 0.0594 e. The topological polar surface area (TPSA) is 24.9 Å². The number of nitrogens with zero attached hydrogens (tertiary/aromatic N) is 2. The first-order chi connectivity index (χ1) is 10.9. The molecule has 0 spiro atoms. The van der Waals surface area contributed by atoms with E-state index in [1.165, 1.54) is 64.5 Å². The molecule has 0 radical (unpaired) electrons. The minimum atomic E-state index is 0. The lowest BCUT2D eigenvalue weighted by Gasteiger charge is -2.26. The van der Waals surface area contributed by atoms with Crippen LogP contribution in [0.5, 0.6) is 0 Å². The molecule has 2 saturated heterocycles. The van der Waals surface area contributed by atoms with Crippen LogP contribution in [0.4, 0.5) is 0 Å². The minimum absolute atomic E-state index is 0. The van der Waals surface area contributed by atoms with Crippen LogP contribution < -0.4 is 0 Å². The Morgan fingerprint density at radius 2 is 0.783 bits per heavy atom. The van der Waals surface area contributed by atoms with Crippen LogP contribution in [0.15, 0.2) is 0 Å². The van der Waals surface area contributed by atoms with E-state index < -0.39 is 0 Å². The Kier molecular flexibility index (Phi) is 13.6. The quantitative estimate of drug-likeness (QED) is 0.503. The summed E-state index contributed by atoms with van der Waals surface area (Å²) in [5.74, 6) is 0. The van der Waals surface area contributed by atoms with E-state index in [9.17, 15) is 0 Å². The van der Waals surface area contributed by atoms with E-state index in [2.05, 4.69) is 9.80 Å². The summed E-state index contributed by atoms with van der Waals surface area (Å²) in [6.07, 6.45) is 11.3. The zero-order valence-corrected chi connectivity index (χ0v) is 16.6. The Morgan fingerprint density at radius 1 is 0.478 bits per heavy atom. The number of rotatable bonds is 11. The first kappa shape index (κ1) is 21.4. The SMILES string of the molecule is Br.C(CCCCCN1CCOCC1)CCCCN1CCOCC1. The largest absolute Gasteiger partial charge is 0.379 e. The smallest absolute Gasteiger partial charge is 0.0594 e. The lowest BCUT2D eigenvalue weighted by molar-refractivity contribution is 0.0369. The molecule has 0 aromatic heterocycles. The van der Waals surface area contributed by atoms with E-state index in [1.807, 2.05) is 0 Å². The van der Waals surface area contributed by atoms with Crippen LogP contribution in [0.25, 0.3) is 0 Å². The Labute approximate surface area is 153 Å². The summed E-state index contributed by atoms with van der Waals surface area (Å²) in [7, 11) is 0. The molecule has 0 aliphatic carbocycles. The zero-order valence-electron chi connectivity index (χ0n) is 14.8. The minimum Gasteiger partial charge on any atom is -0.379 e. The van der Waals surface area contributed by atoms with Crippen molar-refractivity contribution in [3.8, 4) is 0 Å². The normalized spacial score (nSPS) is 20.3. The van der Waals surface area contributed by atoms with Crippen LogP contribution in [0, 0.1) is 0 Å². The van der Waals surface area contributed by atoms with E-state index in [1.54, 1.807) is 0 Å². The number of morpholine rings is 2. The van der Waals surface area contributed by atoms with Crippen molar-refractivity contribution in [1.82, 2.24) is 9.80 Å². The standard InChI is InChI=1S/C18H36N2O2.BrH/c1(3-5-7-9-19-11-15-21-16-12-19)2-4-6-8-10-20-13-17-22-18-14-20;/h1-18H2;1H. The first-order valence-electron chi connectivity index (χ1n) is 9.55. The van der Waals surface area contributed by atoms with E-state index in [0.717, 1.165) is 52.6 Å². The number of hydrogen-bond donors (Lipinski definition) is 0. The summed E-state index contributed by atoms with van der Waals surface area (Å²) < 4.78 is 10.8. The van der Waals surface area contributed by atoms with Gasteiger partial charge in [0, 0.05) is 26.2 Å². The van der Waals surface area contributed by atoms with Gasteiger partial charge < -0.3 is 9.47 Å². The number of ether oxygens (including phenoxy) is 2. The van der Waals surface area contributed by atoms with Crippen LogP contribution in [0.1, 0.15) is 51.4 Å². The predicted molar refractivity (Wildman–Crippen MR) is 102 cm³/mol. The molecule has 0 atom stereocenters. The molecule has 23 heavy (non-hydrogen) atoms. The molecule has 4 nitrogen and oxygen atoms in total. The van der Waals surface area contributed by atoms with Crippen molar-refractivity contribution in [3.05, 3.63) is 0 Å². The molecule has 138 valence electrons. The number of hydrogen-bond acceptors (Lipinski definition) is 4. The van der Waals surface area contributed by atoms with Gasteiger partial charge in [0.25, 0.3) is 0 Å². The average Bonchev–Trinajstić information content (AvgIpc) is 2.58. The van der Waals surface area contributed by atoms with E-state index in [0.29, 0.717) is 0 Å². The lowest BCUT2D eigenvalue weighted by Crippen LogP contribution is -2.36. The van der Waals surface area contributed by atoms with Gasteiger partial charge in [0.15, 0.2) is 0 Å². The third kappa shape index (κ3) is 10.7. The molecule has 0 amide bonds. The third-order valence-electron chi connectivity index (χ3n) is 4.91. The molecule has 0 saturated carbocycles. The van der Waals surface area contributed by atoms with Crippen molar-refractivity contribution >= 4 is 17.0 Å². The van der Waals surface area contributed by atoms with Gasteiger partial charge in [0.05, 0.1) is 26.4 Å². The highest BCUT2D eigenvalue weighted by atomic mass is 79.9. The second kappa shape index (κ2) is 14.6. The van der Waals surface area contributed by atoms with Gasteiger partial charge in [0.1, 0.15) is 0 Å². The van der Waals surface area contributed by atoms with Gasteiger partial charge in [-0.05, 0) is 25.9 Å².